The Hall–Kier alpha value is -3.51. The summed E-state index contributed by atoms with van der Waals surface area (Å²) in [5.74, 6) is -2.90. The summed E-state index contributed by atoms with van der Waals surface area (Å²) >= 11 is 0. The van der Waals surface area contributed by atoms with Crippen molar-refractivity contribution in [2.75, 3.05) is 10.6 Å². The first-order valence-corrected chi connectivity index (χ1v) is 9.41. The van der Waals surface area contributed by atoms with Gasteiger partial charge in [0.15, 0.2) is 11.6 Å². The van der Waals surface area contributed by atoms with Crippen LogP contribution in [0.3, 0.4) is 0 Å². The lowest BCUT2D eigenvalue weighted by atomic mass is 9.92. The topological polar surface area (TPSA) is 109 Å². The van der Waals surface area contributed by atoms with E-state index in [1.807, 2.05) is 20.8 Å². The average molecular weight is 448 g/mol. The normalized spacial score (nSPS) is 11.2. The van der Waals surface area contributed by atoms with Crippen LogP contribution in [-0.2, 0) is 5.41 Å². The van der Waals surface area contributed by atoms with Crippen LogP contribution in [0.4, 0.5) is 29.5 Å². The van der Waals surface area contributed by atoms with Crippen molar-refractivity contribution in [3.63, 3.8) is 0 Å². The fourth-order valence-corrected chi connectivity index (χ4v) is 2.76. The van der Waals surface area contributed by atoms with Gasteiger partial charge in [-0.25, -0.2) is 22.6 Å². The number of benzene rings is 2. The Morgan fingerprint density at radius 3 is 2.25 bits per heavy atom. The number of halogens is 3. The van der Waals surface area contributed by atoms with Crippen molar-refractivity contribution in [3.05, 3.63) is 65.6 Å². The third-order valence-corrected chi connectivity index (χ3v) is 4.30. The highest BCUT2D eigenvalue weighted by Gasteiger charge is 2.24. The summed E-state index contributed by atoms with van der Waals surface area (Å²) in [4.78, 5) is 12.5. The van der Waals surface area contributed by atoms with Crippen LogP contribution < -0.4 is 15.3 Å². The van der Waals surface area contributed by atoms with Gasteiger partial charge < -0.3 is 20.0 Å². The molecule has 0 radical (unpaired) electrons. The molecular formula is C20H20BF3N4O4. The zero-order valence-corrected chi connectivity index (χ0v) is 17.4. The Morgan fingerprint density at radius 2 is 1.69 bits per heavy atom. The predicted octanol–water partition coefficient (Wildman–Crippen LogP) is 3.58. The number of aromatic nitrogens is 2. The summed E-state index contributed by atoms with van der Waals surface area (Å²) in [7, 11) is -2.13. The standard InChI is InChI=1S/C20H20BF3N4O4/c1-20(2,3)16-10-17(28(27-16)18-12(22)5-4-6-13(18)23)26-19(29)25-15-8-7-11(9-14(15)24)32-21(30)31/h4-10,30-31H,1-3H3,(H2,25,26,29). The summed E-state index contributed by atoms with van der Waals surface area (Å²) < 4.78 is 48.4. The van der Waals surface area contributed by atoms with Crippen LogP contribution in [0, 0.1) is 17.5 Å². The van der Waals surface area contributed by atoms with Crippen LogP contribution in [0.1, 0.15) is 26.5 Å². The number of urea groups is 1. The van der Waals surface area contributed by atoms with Crippen LogP contribution >= 0.6 is 0 Å². The molecule has 1 aromatic heterocycles. The molecule has 0 aliphatic heterocycles. The molecule has 0 fully saturated rings. The molecule has 0 bridgehead atoms. The minimum absolute atomic E-state index is 0.0415. The van der Waals surface area contributed by atoms with Crippen molar-refractivity contribution in [2.45, 2.75) is 26.2 Å². The molecule has 32 heavy (non-hydrogen) atoms. The first-order chi connectivity index (χ1) is 15.0. The Morgan fingerprint density at radius 1 is 1.03 bits per heavy atom. The minimum Gasteiger partial charge on any atom is -0.512 e. The van der Waals surface area contributed by atoms with Gasteiger partial charge in [-0.3, -0.25) is 5.32 Å². The summed E-state index contributed by atoms with van der Waals surface area (Å²) in [6, 6.07) is 7.06. The smallest absolute Gasteiger partial charge is 0.512 e. The molecule has 0 spiro atoms. The molecule has 2 aromatic carbocycles. The molecule has 0 aliphatic carbocycles. The Balaban J connectivity index is 1.90. The van der Waals surface area contributed by atoms with Gasteiger partial charge in [0.2, 0.25) is 0 Å². The maximum atomic E-state index is 14.4. The fourth-order valence-electron chi connectivity index (χ4n) is 2.76. The highest BCUT2D eigenvalue weighted by atomic mass is 19.1. The fraction of sp³-hybridized carbons (Fsp3) is 0.200. The number of carbonyl (C=O) groups excluding carboxylic acids is 1. The monoisotopic (exact) mass is 448 g/mol. The number of hydrogen-bond acceptors (Lipinski definition) is 5. The van der Waals surface area contributed by atoms with Crippen LogP contribution in [0.25, 0.3) is 5.69 Å². The highest BCUT2D eigenvalue weighted by molar-refractivity contribution is 6.33. The highest BCUT2D eigenvalue weighted by Crippen LogP contribution is 2.29. The molecule has 0 aliphatic rings. The molecule has 0 saturated heterocycles. The van der Waals surface area contributed by atoms with E-state index in [0.717, 1.165) is 28.9 Å². The van der Waals surface area contributed by atoms with E-state index in [2.05, 4.69) is 20.4 Å². The van der Waals surface area contributed by atoms with E-state index < -0.39 is 41.9 Å². The summed E-state index contributed by atoms with van der Waals surface area (Å²) in [5, 5.41) is 26.5. The minimum atomic E-state index is -2.13. The molecule has 168 valence electrons. The molecule has 0 unspecified atom stereocenters. The molecule has 12 heteroatoms. The number of anilines is 2. The lowest BCUT2D eigenvalue weighted by Crippen LogP contribution is -2.23. The van der Waals surface area contributed by atoms with Crippen molar-refractivity contribution in [3.8, 4) is 11.4 Å². The summed E-state index contributed by atoms with van der Waals surface area (Å²) in [5.41, 5.74) is -0.778. The summed E-state index contributed by atoms with van der Waals surface area (Å²) in [6.45, 7) is 5.51. The second-order valence-corrected chi connectivity index (χ2v) is 7.81. The lowest BCUT2D eigenvalue weighted by molar-refractivity contribution is 0.261. The van der Waals surface area contributed by atoms with E-state index in [1.165, 1.54) is 18.2 Å². The van der Waals surface area contributed by atoms with Gasteiger partial charge in [-0.1, -0.05) is 26.8 Å². The maximum Gasteiger partial charge on any atom is 0.707 e. The molecular weight excluding hydrogens is 428 g/mol. The largest absolute Gasteiger partial charge is 0.707 e. The van der Waals surface area contributed by atoms with Crippen LogP contribution in [0.2, 0.25) is 0 Å². The van der Waals surface area contributed by atoms with E-state index in [1.54, 1.807) is 0 Å². The van der Waals surface area contributed by atoms with E-state index in [-0.39, 0.29) is 17.3 Å². The van der Waals surface area contributed by atoms with Gasteiger partial charge in [0.05, 0.1) is 11.4 Å². The number of amides is 2. The van der Waals surface area contributed by atoms with Crippen molar-refractivity contribution in [2.24, 2.45) is 0 Å². The summed E-state index contributed by atoms with van der Waals surface area (Å²) in [6.07, 6.45) is 0. The first-order valence-electron chi connectivity index (χ1n) is 9.41. The van der Waals surface area contributed by atoms with Gasteiger partial charge in [-0.15, -0.1) is 0 Å². The third kappa shape index (κ3) is 5.21. The number of hydrogen-bond donors (Lipinski definition) is 4. The van der Waals surface area contributed by atoms with Crippen molar-refractivity contribution in [1.82, 2.24) is 9.78 Å². The van der Waals surface area contributed by atoms with Crippen molar-refractivity contribution < 1.29 is 32.7 Å². The first kappa shape index (κ1) is 23.2. The number of para-hydroxylation sites is 1. The quantitative estimate of drug-likeness (QED) is 0.447. The third-order valence-electron chi connectivity index (χ3n) is 4.30. The second-order valence-electron chi connectivity index (χ2n) is 7.81. The van der Waals surface area contributed by atoms with Crippen molar-refractivity contribution >= 4 is 24.9 Å². The van der Waals surface area contributed by atoms with Crippen molar-refractivity contribution in [1.29, 1.82) is 0 Å². The van der Waals surface area contributed by atoms with E-state index in [9.17, 15) is 18.0 Å². The van der Waals surface area contributed by atoms with E-state index in [4.69, 9.17) is 10.0 Å². The van der Waals surface area contributed by atoms with Crippen LogP contribution in [0.5, 0.6) is 5.75 Å². The molecule has 1 heterocycles. The molecule has 2 amide bonds. The Kier molecular flexibility index (Phi) is 6.46. The molecule has 0 saturated carbocycles. The molecule has 3 rings (SSSR count). The lowest BCUT2D eigenvalue weighted by Gasteiger charge is -2.14. The van der Waals surface area contributed by atoms with Gasteiger partial charge >= 0.3 is 13.4 Å². The second kappa shape index (κ2) is 8.93. The van der Waals surface area contributed by atoms with Gasteiger partial charge in [0.25, 0.3) is 0 Å². The number of carbonyl (C=O) groups is 1. The average Bonchev–Trinajstić information content (AvgIpc) is 3.07. The molecule has 0 atom stereocenters. The van der Waals surface area contributed by atoms with E-state index in [0.29, 0.717) is 5.69 Å². The van der Waals surface area contributed by atoms with E-state index >= 15 is 0 Å². The molecule has 8 nitrogen and oxygen atoms in total. The van der Waals surface area contributed by atoms with Gasteiger partial charge in [0.1, 0.15) is 23.1 Å². The maximum absolute atomic E-state index is 14.4. The number of nitrogens with one attached hydrogen (secondary N) is 2. The molecule has 4 N–H and O–H groups in total. The SMILES string of the molecule is CC(C)(C)c1cc(NC(=O)Nc2ccc(OB(O)O)cc2F)n(-c2c(F)cccc2F)n1. The zero-order chi connectivity index (χ0) is 23.6. The Labute approximate surface area is 181 Å². The number of nitrogens with zero attached hydrogens (tertiary/aromatic N) is 2. The zero-order valence-electron chi connectivity index (χ0n) is 17.4. The van der Waals surface area contributed by atoms with Crippen LogP contribution in [-0.4, -0.2) is 33.2 Å². The van der Waals surface area contributed by atoms with Gasteiger partial charge in [-0.05, 0) is 24.3 Å². The van der Waals surface area contributed by atoms with Crippen LogP contribution in [0.15, 0.2) is 42.5 Å². The van der Waals surface area contributed by atoms with Gasteiger partial charge in [-0.2, -0.15) is 5.10 Å². The Bertz CT molecular complexity index is 1130. The van der Waals surface area contributed by atoms with Gasteiger partial charge in [0, 0.05) is 17.5 Å². The molecule has 3 aromatic rings. The predicted molar refractivity (Wildman–Crippen MR) is 112 cm³/mol. The number of rotatable bonds is 5.